The topological polar surface area (TPSA) is 105 Å². The molecule has 35 heavy (non-hydrogen) atoms. The predicted octanol–water partition coefficient (Wildman–Crippen LogP) is 4.70. The molecule has 0 heterocycles. The van der Waals surface area contributed by atoms with Crippen molar-refractivity contribution >= 4 is 18.0 Å². The van der Waals surface area contributed by atoms with Gasteiger partial charge in [0, 0.05) is 24.4 Å². The largest absolute Gasteiger partial charge is 0.481 e. The van der Waals surface area contributed by atoms with Crippen molar-refractivity contribution in [1.82, 2.24) is 10.6 Å². The van der Waals surface area contributed by atoms with E-state index in [0.717, 1.165) is 30.4 Å². The van der Waals surface area contributed by atoms with Crippen LogP contribution in [0, 0.1) is 10.8 Å². The molecule has 1 fully saturated rings. The average Bonchev–Trinajstić information content (AvgIpc) is 3.12. The fourth-order valence-corrected chi connectivity index (χ4v) is 5.16. The van der Waals surface area contributed by atoms with Crippen LogP contribution in [-0.2, 0) is 14.3 Å². The van der Waals surface area contributed by atoms with Gasteiger partial charge in [-0.1, -0.05) is 68.8 Å². The highest BCUT2D eigenvalue weighted by atomic mass is 16.5. The Labute approximate surface area is 206 Å². The Morgan fingerprint density at radius 2 is 1.60 bits per heavy atom. The van der Waals surface area contributed by atoms with Crippen LogP contribution in [0.5, 0.6) is 0 Å². The minimum Gasteiger partial charge on any atom is -0.481 e. The maximum atomic E-state index is 12.7. The molecule has 0 bridgehead atoms. The molecule has 7 nitrogen and oxygen atoms in total. The SMILES string of the molecule is CC(C)(CCNC(=O)OCC1c2ccccc2-c2ccccc21)C(=O)NCC1(CC(=O)O)CCC1. The lowest BCUT2D eigenvalue weighted by atomic mass is 9.66. The Kier molecular flexibility index (Phi) is 7.15. The van der Waals surface area contributed by atoms with Crippen molar-refractivity contribution in [3.05, 3.63) is 59.7 Å². The fraction of sp³-hybridized carbons (Fsp3) is 0.464. The molecule has 1 saturated carbocycles. The number of carboxylic acids is 1. The van der Waals surface area contributed by atoms with Gasteiger partial charge in [0.2, 0.25) is 5.91 Å². The summed E-state index contributed by atoms with van der Waals surface area (Å²) in [7, 11) is 0. The molecule has 0 aliphatic heterocycles. The first-order valence-electron chi connectivity index (χ1n) is 12.3. The summed E-state index contributed by atoms with van der Waals surface area (Å²) in [6.45, 7) is 4.58. The first-order chi connectivity index (χ1) is 16.7. The van der Waals surface area contributed by atoms with Crippen LogP contribution < -0.4 is 10.6 Å². The van der Waals surface area contributed by atoms with E-state index in [2.05, 4.69) is 34.9 Å². The number of ether oxygens (including phenoxy) is 1. The van der Waals surface area contributed by atoms with Gasteiger partial charge in [-0.25, -0.2) is 4.79 Å². The predicted molar refractivity (Wildman–Crippen MR) is 133 cm³/mol. The van der Waals surface area contributed by atoms with Crippen LogP contribution >= 0.6 is 0 Å². The Balaban J connectivity index is 1.23. The van der Waals surface area contributed by atoms with Gasteiger partial charge < -0.3 is 20.5 Å². The summed E-state index contributed by atoms with van der Waals surface area (Å²) in [5.74, 6) is -0.964. The van der Waals surface area contributed by atoms with Gasteiger partial charge in [-0.15, -0.1) is 0 Å². The van der Waals surface area contributed by atoms with Gasteiger partial charge in [-0.05, 0) is 46.9 Å². The molecule has 7 heteroatoms. The molecule has 2 aliphatic carbocycles. The summed E-state index contributed by atoms with van der Waals surface area (Å²) in [4.78, 5) is 36.3. The van der Waals surface area contributed by atoms with Crippen LogP contribution in [0.2, 0.25) is 0 Å². The highest BCUT2D eigenvalue weighted by Crippen LogP contribution is 2.45. The number of aliphatic carboxylic acids is 1. The molecular formula is C28H34N2O5. The number of carbonyl (C=O) groups is 3. The summed E-state index contributed by atoms with van der Waals surface area (Å²) in [6.07, 6.45) is 2.66. The lowest BCUT2D eigenvalue weighted by Crippen LogP contribution is -2.47. The third kappa shape index (κ3) is 5.50. The molecule has 2 aromatic rings. The number of benzene rings is 2. The number of carbonyl (C=O) groups excluding carboxylic acids is 2. The molecule has 0 atom stereocenters. The van der Waals surface area contributed by atoms with E-state index in [1.807, 2.05) is 38.1 Å². The van der Waals surface area contributed by atoms with Gasteiger partial charge in [0.05, 0.1) is 6.42 Å². The minimum absolute atomic E-state index is 0.00000223. The Morgan fingerprint density at radius 1 is 1.00 bits per heavy atom. The molecule has 0 radical (unpaired) electrons. The standard InChI is InChI=1S/C28H34N2O5/c1-27(2,25(33)30-18-28(12-7-13-28)16-24(31)32)14-15-29-26(34)35-17-23-21-10-5-3-8-19(21)20-9-4-6-11-22(20)23/h3-6,8-11,23H,7,12-18H2,1-2H3,(H,29,34)(H,30,33)(H,31,32). The maximum Gasteiger partial charge on any atom is 0.407 e. The quantitative estimate of drug-likeness (QED) is 0.459. The van der Waals surface area contributed by atoms with Crippen LogP contribution in [0.25, 0.3) is 11.1 Å². The van der Waals surface area contributed by atoms with Crippen molar-refractivity contribution in [2.75, 3.05) is 19.7 Å². The number of alkyl carbamates (subject to hydrolysis) is 1. The first-order valence-corrected chi connectivity index (χ1v) is 12.3. The molecule has 3 N–H and O–H groups in total. The summed E-state index contributed by atoms with van der Waals surface area (Å²) in [6, 6.07) is 16.4. The van der Waals surface area contributed by atoms with E-state index >= 15 is 0 Å². The lowest BCUT2D eigenvalue weighted by Gasteiger charge is -2.41. The summed E-state index contributed by atoms with van der Waals surface area (Å²) < 4.78 is 5.56. The zero-order valence-electron chi connectivity index (χ0n) is 20.4. The molecule has 0 saturated heterocycles. The number of rotatable bonds is 10. The van der Waals surface area contributed by atoms with E-state index < -0.39 is 17.5 Å². The van der Waals surface area contributed by atoms with Gasteiger partial charge >= 0.3 is 12.1 Å². The molecule has 0 unspecified atom stereocenters. The molecule has 2 amide bonds. The van der Waals surface area contributed by atoms with E-state index in [-0.39, 0.29) is 30.3 Å². The monoisotopic (exact) mass is 478 g/mol. The Hall–Kier alpha value is -3.35. The highest BCUT2D eigenvalue weighted by molar-refractivity contribution is 5.82. The number of hydrogen-bond acceptors (Lipinski definition) is 4. The number of carboxylic acid groups (broad SMARTS) is 1. The molecule has 4 rings (SSSR count). The summed E-state index contributed by atoms with van der Waals surface area (Å²) in [5.41, 5.74) is 3.65. The molecule has 0 spiro atoms. The van der Waals surface area contributed by atoms with Gasteiger partial charge in [0.25, 0.3) is 0 Å². The summed E-state index contributed by atoms with van der Waals surface area (Å²) >= 11 is 0. The van der Waals surface area contributed by atoms with Crippen LogP contribution in [0.15, 0.2) is 48.5 Å². The van der Waals surface area contributed by atoms with E-state index in [1.165, 1.54) is 11.1 Å². The van der Waals surface area contributed by atoms with Crippen LogP contribution in [0.4, 0.5) is 4.79 Å². The van der Waals surface area contributed by atoms with E-state index in [0.29, 0.717) is 19.5 Å². The Morgan fingerprint density at radius 3 is 2.14 bits per heavy atom. The van der Waals surface area contributed by atoms with Crippen molar-refractivity contribution in [2.45, 2.75) is 51.9 Å². The van der Waals surface area contributed by atoms with Gasteiger partial charge in [-0.3, -0.25) is 9.59 Å². The van der Waals surface area contributed by atoms with Crippen molar-refractivity contribution in [2.24, 2.45) is 10.8 Å². The molecule has 0 aromatic heterocycles. The second-order valence-electron chi connectivity index (χ2n) is 10.5. The van der Waals surface area contributed by atoms with Crippen molar-refractivity contribution < 1.29 is 24.2 Å². The van der Waals surface area contributed by atoms with E-state index in [9.17, 15) is 14.4 Å². The average molecular weight is 479 g/mol. The minimum atomic E-state index is -0.828. The highest BCUT2D eigenvalue weighted by Gasteiger charge is 2.40. The van der Waals surface area contributed by atoms with Gasteiger partial charge in [-0.2, -0.15) is 0 Å². The third-order valence-electron chi connectivity index (χ3n) is 7.54. The smallest absolute Gasteiger partial charge is 0.407 e. The number of nitrogens with one attached hydrogen (secondary N) is 2. The Bertz CT molecular complexity index is 1060. The second-order valence-corrected chi connectivity index (χ2v) is 10.5. The number of fused-ring (bicyclic) bond motifs is 3. The zero-order valence-corrected chi connectivity index (χ0v) is 20.4. The van der Waals surface area contributed by atoms with Crippen molar-refractivity contribution in [3.63, 3.8) is 0 Å². The van der Waals surface area contributed by atoms with E-state index in [1.54, 1.807) is 0 Å². The molecular weight excluding hydrogens is 444 g/mol. The summed E-state index contributed by atoms with van der Waals surface area (Å²) in [5, 5.41) is 14.9. The lowest BCUT2D eigenvalue weighted by molar-refractivity contribution is -0.142. The van der Waals surface area contributed by atoms with E-state index in [4.69, 9.17) is 9.84 Å². The van der Waals surface area contributed by atoms with Crippen molar-refractivity contribution in [1.29, 1.82) is 0 Å². The third-order valence-corrected chi connectivity index (χ3v) is 7.54. The zero-order chi connectivity index (χ0) is 25.1. The van der Waals surface area contributed by atoms with Crippen LogP contribution in [0.1, 0.15) is 63.0 Å². The maximum absolute atomic E-state index is 12.7. The normalized spacial score (nSPS) is 15.9. The second kappa shape index (κ2) is 10.1. The fourth-order valence-electron chi connectivity index (χ4n) is 5.16. The van der Waals surface area contributed by atoms with Crippen LogP contribution in [-0.4, -0.2) is 42.8 Å². The first kappa shape index (κ1) is 24.8. The molecule has 2 aromatic carbocycles. The van der Waals surface area contributed by atoms with Crippen LogP contribution in [0.3, 0.4) is 0 Å². The number of amides is 2. The van der Waals surface area contributed by atoms with Gasteiger partial charge in [0.15, 0.2) is 0 Å². The number of hydrogen-bond donors (Lipinski definition) is 3. The molecule has 186 valence electrons. The molecule has 2 aliphatic rings. The van der Waals surface area contributed by atoms with Crippen molar-refractivity contribution in [3.8, 4) is 11.1 Å². The van der Waals surface area contributed by atoms with Gasteiger partial charge in [0.1, 0.15) is 6.61 Å².